The third-order valence-corrected chi connectivity index (χ3v) is 3.33. The summed E-state index contributed by atoms with van der Waals surface area (Å²) in [5.74, 6) is 1.02. The van der Waals surface area contributed by atoms with Crippen molar-refractivity contribution in [3.05, 3.63) is 59.9 Å². The molecule has 88 valence electrons. The molecule has 0 aliphatic rings. The van der Waals surface area contributed by atoms with Gasteiger partial charge in [0, 0.05) is 11.1 Å². The molecule has 2 nitrogen and oxygen atoms in total. The van der Waals surface area contributed by atoms with Crippen molar-refractivity contribution in [1.82, 2.24) is 4.98 Å². The third kappa shape index (κ3) is 3.08. The van der Waals surface area contributed by atoms with Gasteiger partial charge in [-0.15, -0.1) is 11.8 Å². The Morgan fingerprint density at radius 2 is 2.00 bits per heavy atom. The highest BCUT2D eigenvalue weighted by atomic mass is 32.2. The second-order valence-electron chi connectivity index (χ2n) is 3.66. The van der Waals surface area contributed by atoms with Gasteiger partial charge < -0.3 is 5.11 Å². The van der Waals surface area contributed by atoms with Gasteiger partial charge in [0.05, 0.1) is 5.69 Å². The number of aromatic nitrogens is 1. The molecule has 1 heterocycles. The third-order valence-electron chi connectivity index (χ3n) is 2.46. The van der Waals surface area contributed by atoms with E-state index in [9.17, 15) is 5.11 Å². The van der Waals surface area contributed by atoms with Gasteiger partial charge in [-0.05, 0) is 23.4 Å². The van der Waals surface area contributed by atoms with E-state index in [0.29, 0.717) is 5.69 Å². The Morgan fingerprint density at radius 1 is 1.24 bits per heavy atom. The highest BCUT2D eigenvalue weighted by Gasteiger charge is 2.11. The molecular formula is C14H15NOS. The molecule has 0 fully saturated rings. The number of hydrogen-bond donors (Lipinski definition) is 1. The normalized spacial score (nSPS) is 12.4. The van der Waals surface area contributed by atoms with E-state index < -0.39 is 6.10 Å². The smallest absolute Gasteiger partial charge is 0.121 e. The Hall–Kier alpha value is -1.32. The number of pyridine rings is 1. The number of thioether (sulfide) groups is 1. The molecule has 0 radical (unpaired) electrons. The van der Waals surface area contributed by atoms with Crippen LogP contribution in [0.3, 0.4) is 0 Å². The molecule has 0 spiro atoms. The topological polar surface area (TPSA) is 33.1 Å². The minimum Gasteiger partial charge on any atom is -0.382 e. The first-order valence-electron chi connectivity index (χ1n) is 5.63. The fourth-order valence-corrected chi connectivity index (χ4v) is 2.33. The minimum atomic E-state index is -0.645. The van der Waals surface area contributed by atoms with Gasteiger partial charge >= 0.3 is 0 Å². The van der Waals surface area contributed by atoms with Crippen LogP contribution >= 0.6 is 11.8 Å². The zero-order valence-electron chi connectivity index (χ0n) is 9.71. The van der Waals surface area contributed by atoms with Crippen molar-refractivity contribution >= 4 is 11.8 Å². The Kier molecular flexibility index (Phi) is 4.18. The van der Waals surface area contributed by atoms with Gasteiger partial charge in [0.1, 0.15) is 6.10 Å². The Labute approximate surface area is 106 Å². The van der Waals surface area contributed by atoms with Crippen molar-refractivity contribution in [2.45, 2.75) is 17.9 Å². The Bertz CT molecular complexity index is 473. The van der Waals surface area contributed by atoms with Crippen LogP contribution < -0.4 is 0 Å². The van der Waals surface area contributed by atoms with Crippen molar-refractivity contribution in [2.24, 2.45) is 0 Å². The standard InChI is InChI=1S/C14H15NOS/c1-2-17-12-8-9-15-13(10-12)14(16)11-6-4-3-5-7-11/h3-10,14,16H,2H2,1H3. The van der Waals surface area contributed by atoms with Gasteiger partial charge in [0.25, 0.3) is 0 Å². The molecule has 1 unspecified atom stereocenters. The second-order valence-corrected chi connectivity index (χ2v) is 5.00. The lowest BCUT2D eigenvalue weighted by Gasteiger charge is -2.11. The van der Waals surface area contributed by atoms with Gasteiger partial charge in [-0.25, -0.2) is 0 Å². The summed E-state index contributed by atoms with van der Waals surface area (Å²) in [6.45, 7) is 2.11. The molecule has 17 heavy (non-hydrogen) atoms. The van der Waals surface area contributed by atoms with Crippen LogP contribution in [0.4, 0.5) is 0 Å². The summed E-state index contributed by atoms with van der Waals surface area (Å²) in [5, 5.41) is 10.2. The molecule has 0 amide bonds. The van der Waals surface area contributed by atoms with Crippen LogP contribution in [-0.2, 0) is 0 Å². The highest BCUT2D eigenvalue weighted by Crippen LogP contribution is 2.24. The lowest BCUT2D eigenvalue weighted by molar-refractivity contribution is 0.215. The van der Waals surface area contributed by atoms with Gasteiger partial charge in [0.2, 0.25) is 0 Å². The maximum atomic E-state index is 10.2. The van der Waals surface area contributed by atoms with E-state index in [1.165, 1.54) is 0 Å². The van der Waals surface area contributed by atoms with Crippen molar-refractivity contribution < 1.29 is 5.11 Å². The second kappa shape index (κ2) is 5.84. The minimum absolute atomic E-state index is 0.645. The van der Waals surface area contributed by atoms with Crippen LogP contribution in [0.25, 0.3) is 0 Å². The average molecular weight is 245 g/mol. The zero-order valence-corrected chi connectivity index (χ0v) is 10.5. The first-order valence-corrected chi connectivity index (χ1v) is 6.61. The van der Waals surface area contributed by atoms with Gasteiger partial charge in [-0.3, -0.25) is 4.98 Å². The van der Waals surface area contributed by atoms with E-state index in [-0.39, 0.29) is 0 Å². The van der Waals surface area contributed by atoms with Crippen LogP contribution in [0.5, 0.6) is 0 Å². The number of nitrogens with zero attached hydrogens (tertiary/aromatic N) is 1. The summed E-state index contributed by atoms with van der Waals surface area (Å²) in [7, 11) is 0. The maximum absolute atomic E-state index is 10.2. The Morgan fingerprint density at radius 3 is 2.71 bits per heavy atom. The van der Waals surface area contributed by atoms with E-state index in [0.717, 1.165) is 16.2 Å². The predicted octanol–water partition coefficient (Wildman–Crippen LogP) is 3.28. The highest BCUT2D eigenvalue weighted by molar-refractivity contribution is 7.99. The van der Waals surface area contributed by atoms with E-state index in [1.807, 2.05) is 42.5 Å². The number of aliphatic hydroxyl groups is 1. The van der Waals surface area contributed by atoms with E-state index in [1.54, 1.807) is 18.0 Å². The summed E-state index contributed by atoms with van der Waals surface area (Å²) < 4.78 is 0. The predicted molar refractivity (Wildman–Crippen MR) is 71.1 cm³/mol. The van der Waals surface area contributed by atoms with Crippen molar-refractivity contribution in [2.75, 3.05) is 5.75 Å². The van der Waals surface area contributed by atoms with Crippen LogP contribution in [0.15, 0.2) is 53.6 Å². The molecule has 0 aliphatic heterocycles. The lowest BCUT2D eigenvalue weighted by Crippen LogP contribution is -2.01. The first kappa shape index (κ1) is 12.1. The quantitative estimate of drug-likeness (QED) is 0.839. The molecule has 0 bridgehead atoms. The molecule has 1 N–H and O–H groups in total. The molecule has 2 aromatic rings. The average Bonchev–Trinajstić information content (AvgIpc) is 2.40. The summed E-state index contributed by atoms with van der Waals surface area (Å²) in [6, 6.07) is 13.5. The first-order chi connectivity index (χ1) is 8.31. The molecule has 3 heteroatoms. The number of aliphatic hydroxyl groups excluding tert-OH is 1. The van der Waals surface area contributed by atoms with Crippen LogP contribution in [-0.4, -0.2) is 15.8 Å². The largest absolute Gasteiger partial charge is 0.382 e. The van der Waals surface area contributed by atoms with Crippen LogP contribution in [0.2, 0.25) is 0 Å². The maximum Gasteiger partial charge on any atom is 0.121 e. The molecule has 1 aromatic carbocycles. The van der Waals surface area contributed by atoms with Crippen molar-refractivity contribution in [3.8, 4) is 0 Å². The molecule has 2 rings (SSSR count). The monoisotopic (exact) mass is 245 g/mol. The summed E-state index contributed by atoms with van der Waals surface area (Å²) in [4.78, 5) is 5.38. The molecule has 0 aliphatic carbocycles. The number of rotatable bonds is 4. The Balaban J connectivity index is 2.25. The number of hydrogen-bond acceptors (Lipinski definition) is 3. The van der Waals surface area contributed by atoms with Gasteiger partial charge in [-0.2, -0.15) is 0 Å². The summed E-state index contributed by atoms with van der Waals surface area (Å²) >= 11 is 1.75. The molecule has 1 aromatic heterocycles. The zero-order chi connectivity index (χ0) is 12.1. The van der Waals surface area contributed by atoms with Crippen LogP contribution in [0.1, 0.15) is 24.3 Å². The molecule has 1 atom stereocenters. The van der Waals surface area contributed by atoms with Crippen molar-refractivity contribution in [1.29, 1.82) is 0 Å². The number of benzene rings is 1. The summed E-state index contributed by atoms with van der Waals surface area (Å²) in [6.07, 6.45) is 1.10. The van der Waals surface area contributed by atoms with E-state index in [4.69, 9.17) is 0 Å². The molecule has 0 saturated heterocycles. The van der Waals surface area contributed by atoms with Gasteiger partial charge in [0.15, 0.2) is 0 Å². The molecule has 0 saturated carbocycles. The van der Waals surface area contributed by atoms with E-state index >= 15 is 0 Å². The van der Waals surface area contributed by atoms with E-state index in [2.05, 4.69) is 11.9 Å². The van der Waals surface area contributed by atoms with Crippen LogP contribution in [0, 0.1) is 0 Å². The lowest BCUT2D eigenvalue weighted by atomic mass is 10.1. The fourth-order valence-electron chi connectivity index (χ4n) is 1.64. The van der Waals surface area contributed by atoms with Crippen molar-refractivity contribution in [3.63, 3.8) is 0 Å². The SMILES string of the molecule is CCSc1ccnc(C(O)c2ccccc2)c1. The summed E-state index contributed by atoms with van der Waals surface area (Å²) in [5.41, 5.74) is 1.58. The van der Waals surface area contributed by atoms with Gasteiger partial charge in [-0.1, -0.05) is 37.3 Å². The fraction of sp³-hybridized carbons (Fsp3) is 0.214. The molecular weight excluding hydrogens is 230 g/mol.